The third-order valence-corrected chi connectivity index (χ3v) is 2.93. The summed E-state index contributed by atoms with van der Waals surface area (Å²) in [7, 11) is 0. The zero-order valence-corrected chi connectivity index (χ0v) is 11.3. The average molecular weight is 274 g/mol. The maximum Gasteiger partial charge on any atom is 0.335 e. The van der Waals surface area contributed by atoms with Crippen LogP contribution in [-0.2, 0) is 0 Å². The first-order valence-corrected chi connectivity index (χ1v) is 6.28. The molecule has 0 aromatic heterocycles. The van der Waals surface area contributed by atoms with E-state index in [2.05, 4.69) is 13.8 Å². The number of carboxylic acid groups (broad SMARTS) is 1. The van der Waals surface area contributed by atoms with E-state index < -0.39 is 11.8 Å². The zero-order valence-electron chi connectivity index (χ0n) is 11.3. The largest absolute Gasteiger partial charge is 0.478 e. The van der Waals surface area contributed by atoms with E-state index in [1.54, 1.807) is 6.07 Å². The molecule has 2 aromatic carbocycles. The van der Waals surface area contributed by atoms with Gasteiger partial charge in [-0.05, 0) is 41.8 Å². The van der Waals surface area contributed by atoms with Crippen molar-refractivity contribution < 1.29 is 19.0 Å². The maximum atomic E-state index is 13.8. The molecule has 0 amide bonds. The molecule has 0 fully saturated rings. The Kier molecular flexibility index (Phi) is 4.03. The molecular formula is C16H15FO3. The second kappa shape index (κ2) is 5.74. The normalized spacial score (nSPS) is 10.6. The summed E-state index contributed by atoms with van der Waals surface area (Å²) in [5, 5.41) is 8.78. The molecule has 0 aliphatic heterocycles. The van der Waals surface area contributed by atoms with Gasteiger partial charge < -0.3 is 9.84 Å². The van der Waals surface area contributed by atoms with Crippen molar-refractivity contribution in [2.45, 2.75) is 19.8 Å². The number of hydrogen-bond acceptors (Lipinski definition) is 2. The third-order valence-electron chi connectivity index (χ3n) is 2.93. The summed E-state index contributed by atoms with van der Waals surface area (Å²) in [5.74, 6) is -0.982. The number of hydrogen-bond donors (Lipinski definition) is 1. The van der Waals surface area contributed by atoms with E-state index in [-0.39, 0.29) is 11.3 Å². The standard InChI is InChI=1S/C16H15FO3/c1-10(2)11-4-3-5-13(8-11)20-15-7-6-12(16(18)19)9-14(15)17/h3-10H,1-2H3,(H,18,19). The van der Waals surface area contributed by atoms with Crippen molar-refractivity contribution in [1.29, 1.82) is 0 Å². The molecule has 0 aliphatic carbocycles. The second-order valence-electron chi connectivity index (χ2n) is 4.78. The smallest absolute Gasteiger partial charge is 0.335 e. The van der Waals surface area contributed by atoms with Crippen molar-refractivity contribution in [2.75, 3.05) is 0 Å². The van der Waals surface area contributed by atoms with Gasteiger partial charge in [0.1, 0.15) is 5.75 Å². The summed E-state index contributed by atoms with van der Waals surface area (Å²) in [4.78, 5) is 10.7. The molecular weight excluding hydrogens is 259 g/mol. The van der Waals surface area contributed by atoms with Gasteiger partial charge in [0.2, 0.25) is 0 Å². The minimum Gasteiger partial charge on any atom is -0.478 e. The molecule has 104 valence electrons. The number of benzene rings is 2. The second-order valence-corrected chi connectivity index (χ2v) is 4.78. The molecule has 0 bridgehead atoms. The number of aromatic carboxylic acids is 1. The van der Waals surface area contributed by atoms with Gasteiger partial charge in [0.05, 0.1) is 5.56 Å². The number of rotatable bonds is 4. The van der Waals surface area contributed by atoms with Crippen molar-refractivity contribution >= 4 is 5.97 Å². The predicted molar refractivity (Wildman–Crippen MR) is 74.0 cm³/mol. The van der Waals surface area contributed by atoms with E-state index in [1.165, 1.54) is 12.1 Å². The zero-order chi connectivity index (χ0) is 14.7. The van der Waals surface area contributed by atoms with Crippen LogP contribution < -0.4 is 4.74 Å². The molecule has 0 spiro atoms. The van der Waals surface area contributed by atoms with Crippen LogP contribution in [0.25, 0.3) is 0 Å². The van der Waals surface area contributed by atoms with E-state index in [9.17, 15) is 9.18 Å². The molecule has 1 N–H and O–H groups in total. The van der Waals surface area contributed by atoms with Crippen molar-refractivity contribution in [3.8, 4) is 11.5 Å². The molecule has 0 atom stereocenters. The first-order valence-electron chi connectivity index (χ1n) is 6.28. The summed E-state index contributed by atoms with van der Waals surface area (Å²) in [6.07, 6.45) is 0. The van der Waals surface area contributed by atoms with Crippen LogP contribution in [0.4, 0.5) is 4.39 Å². The van der Waals surface area contributed by atoms with Gasteiger partial charge in [-0.2, -0.15) is 0 Å². The summed E-state index contributed by atoms with van der Waals surface area (Å²) in [5.41, 5.74) is 0.982. The van der Waals surface area contributed by atoms with Crippen molar-refractivity contribution in [3.05, 3.63) is 59.4 Å². The molecule has 0 saturated carbocycles. The van der Waals surface area contributed by atoms with Gasteiger partial charge in [-0.15, -0.1) is 0 Å². The van der Waals surface area contributed by atoms with Gasteiger partial charge in [-0.1, -0.05) is 26.0 Å². The molecule has 0 saturated heterocycles. The van der Waals surface area contributed by atoms with Crippen LogP contribution in [0.15, 0.2) is 42.5 Å². The highest BCUT2D eigenvalue weighted by Gasteiger charge is 2.10. The number of carbonyl (C=O) groups is 1. The average Bonchev–Trinajstić information content (AvgIpc) is 2.41. The van der Waals surface area contributed by atoms with Crippen molar-refractivity contribution in [1.82, 2.24) is 0 Å². The van der Waals surface area contributed by atoms with Crippen molar-refractivity contribution in [2.24, 2.45) is 0 Å². The lowest BCUT2D eigenvalue weighted by Gasteiger charge is -2.10. The SMILES string of the molecule is CC(C)c1cccc(Oc2ccc(C(=O)O)cc2F)c1. The molecule has 0 radical (unpaired) electrons. The van der Waals surface area contributed by atoms with Crippen molar-refractivity contribution in [3.63, 3.8) is 0 Å². The highest BCUT2D eigenvalue weighted by Crippen LogP contribution is 2.27. The van der Waals surface area contributed by atoms with E-state index in [0.717, 1.165) is 11.6 Å². The molecule has 20 heavy (non-hydrogen) atoms. The summed E-state index contributed by atoms with van der Waals surface area (Å²) in [6, 6.07) is 11.0. The molecule has 4 heteroatoms. The highest BCUT2D eigenvalue weighted by molar-refractivity contribution is 5.87. The van der Waals surface area contributed by atoms with E-state index >= 15 is 0 Å². The third kappa shape index (κ3) is 3.15. The van der Waals surface area contributed by atoms with Crippen LogP contribution in [0.5, 0.6) is 11.5 Å². The molecule has 3 nitrogen and oxygen atoms in total. The van der Waals surface area contributed by atoms with Gasteiger partial charge >= 0.3 is 5.97 Å². The number of ether oxygens (including phenoxy) is 1. The van der Waals surface area contributed by atoms with Gasteiger partial charge in [-0.3, -0.25) is 0 Å². The minimum absolute atomic E-state index is 0.0101. The van der Waals surface area contributed by atoms with Gasteiger partial charge in [0.15, 0.2) is 11.6 Å². The molecule has 0 aliphatic rings. The van der Waals surface area contributed by atoms with E-state index in [1.807, 2.05) is 18.2 Å². The topological polar surface area (TPSA) is 46.5 Å². The fraction of sp³-hybridized carbons (Fsp3) is 0.188. The molecule has 0 heterocycles. The van der Waals surface area contributed by atoms with E-state index in [4.69, 9.17) is 9.84 Å². The maximum absolute atomic E-state index is 13.8. The summed E-state index contributed by atoms with van der Waals surface area (Å²) >= 11 is 0. The van der Waals surface area contributed by atoms with Crippen LogP contribution >= 0.6 is 0 Å². The Labute approximate surface area is 116 Å². The first kappa shape index (κ1) is 14.1. The quantitative estimate of drug-likeness (QED) is 0.896. The molecule has 0 unspecified atom stereocenters. The van der Waals surface area contributed by atoms with Crippen LogP contribution in [0.1, 0.15) is 35.7 Å². The lowest BCUT2D eigenvalue weighted by atomic mass is 10.0. The number of halogens is 1. The number of carboxylic acids is 1. The fourth-order valence-electron chi connectivity index (χ4n) is 1.78. The Bertz CT molecular complexity index is 635. The van der Waals surface area contributed by atoms with Gasteiger partial charge in [0.25, 0.3) is 0 Å². The Morgan fingerprint density at radius 3 is 2.55 bits per heavy atom. The van der Waals surface area contributed by atoms with E-state index in [0.29, 0.717) is 11.7 Å². The lowest BCUT2D eigenvalue weighted by Crippen LogP contribution is -1.98. The van der Waals surface area contributed by atoms with Crippen LogP contribution in [0, 0.1) is 5.82 Å². The summed E-state index contributed by atoms with van der Waals surface area (Å²) in [6.45, 7) is 4.11. The Hall–Kier alpha value is -2.36. The Balaban J connectivity index is 2.26. The fourth-order valence-corrected chi connectivity index (χ4v) is 1.78. The Morgan fingerprint density at radius 2 is 1.95 bits per heavy atom. The summed E-state index contributed by atoms with van der Waals surface area (Å²) < 4.78 is 19.2. The predicted octanol–water partition coefficient (Wildman–Crippen LogP) is 4.44. The van der Waals surface area contributed by atoms with Gasteiger partial charge in [0, 0.05) is 0 Å². The lowest BCUT2D eigenvalue weighted by molar-refractivity contribution is 0.0696. The molecule has 2 aromatic rings. The minimum atomic E-state index is -1.17. The monoisotopic (exact) mass is 274 g/mol. The Morgan fingerprint density at radius 1 is 1.20 bits per heavy atom. The first-order chi connectivity index (χ1) is 9.47. The van der Waals surface area contributed by atoms with Crippen LogP contribution in [0.3, 0.4) is 0 Å². The van der Waals surface area contributed by atoms with Crippen LogP contribution in [0.2, 0.25) is 0 Å². The molecule has 2 rings (SSSR count). The van der Waals surface area contributed by atoms with Gasteiger partial charge in [-0.25, -0.2) is 9.18 Å². The highest BCUT2D eigenvalue weighted by atomic mass is 19.1. The van der Waals surface area contributed by atoms with Crippen LogP contribution in [-0.4, -0.2) is 11.1 Å².